The molecule has 0 aliphatic heterocycles. The fraction of sp³-hybridized carbons (Fsp3) is 0.350. The Morgan fingerprint density at radius 1 is 1.24 bits per heavy atom. The lowest BCUT2D eigenvalue weighted by Crippen LogP contribution is -2.08. The van der Waals surface area contributed by atoms with Crippen molar-refractivity contribution in [2.75, 3.05) is 5.32 Å². The first-order chi connectivity index (χ1) is 12.2. The molecule has 0 radical (unpaired) electrons. The van der Waals surface area contributed by atoms with E-state index in [9.17, 15) is 10.1 Å². The van der Waals surface area contributed by atoms with Crippen LogP contribution in [0.25, 0.3) is 16.8 Å². The maximum absolute atomic E-state index is 11.4. The van der Waals surface area contributed by atoms with E-state index in [1.54, 1.807) is 0 Å². The summed E-state index contributed by atoms with van der Waals surface area (Å²) >= 11 is 1.53. The topological polar surface area (TPSA) is 65.8 Å². The quantitative estimate of drug-likeness (QED) is 0.750. The number of aromatic nitrogens is 1. The van der Waals surface area contributed by atoms with Crippen molar-refractivity contribution in [1.29, 1.82) is 5.26 Å². The molecule has 1 amide bonds. The lowest BCUT2D eigenvalue weighted by molar-refractivity contribution is -0.115. The molecule has 0 spiro atoms. The van der Waals surface area contributed by atoms with Gasteiger partial charge in [-0.25, -0.2) is 4.98 Å². The van der Waals surface area contributed by atoms with Crippen molar-refractivity contribution in [3.63, 3.8) is 0 Å². The Labute approximate surface area is 152 Å². The molecule has 0 bridgehead atoms. The summed E-state index contributed by atoms with van der Waals surface area (Å²) in [5.74, 6) is 0.00135. The van der Waals surface area contributed by atoms with Gasteiger partial charge in [0.1, 0.15) is 11.1 Å². The van der Waals surface area contributed by atoms with Gasteiger partial charge >= 0.3 is 0 Å². The first kappa shape index (κ1) is 17.4. The van der Waals surface area contributed by atoms with Crippen LogP contribution in [0, 0.1) is 11.3 Å². The van der Waals surface area contributed by atoms with Crippen molar-refractivity contribution in [3.8, 4) is 17.3 Å². The van der Waals surface area contributed by atoms with Gasteiger partial charge in [0, 0.05) is 23.1 Å². The molecule has 1 heterocycles. The van der Waals surface area contributed by atoms with E-state index >= 15 is 0 Å². The van der Waals surface area contributed by atoms with Crippen molar-refractivity contribution in [1.82, 2.24) is 4.98 Å². The predicted molar refractivity (Wildman–Crippen MR) is 102 cm³/mol. The number of allylic oxidation sites excluding steroid dienone is 2. The first-order valence-corrected chi connectivity index (χ1v) is 9.57. The van der Waals surface area contributed by atoms with Crippen LogP contribution >= 0.6 is 11.3 Å². The van der Waals surface area contributed by atoms with Gasteiger partial charge in [-0.1, -0.05) is 25.5 Å². The number of nitriles is 1. The van der Waals surface area contributed by atoms with Crippen LogP contribution in [0.2, 0.25) is 0 Å². The highest BCUT2D eigenvalue weighted by molar-refractivity contribution is 7.11. The van der Waals surface area contributed by atoms with Crippen LogP contribution in [0.15, 0.2) is 35.2 Å². The Kier molecular flexibility index (Phi) is 5.62. The van der Waals surface area contributed by atoms with Crippen LogP contribution in [-0.2, 0) is 4.79 Å². The average Bonchev–Trinajstić information content (AvgIpc) is 3.13. The van der Waals surface area contributed by atoms with E-state index in [1.807, 2.05) is 36.6 Å². The molecular weight excluding hydrogens is 330 g/mol. The molecule has 1 aliphatic rings. The van der Waals surface area contributed by atoms with Gasteiger partial charge in [0.15, 0.2) is 0 Å². The SMILES string of the molecule is CCC(=O)Nc1ccc(-c2csc(C(C#N)=C3CCCCC3)n2)cc1. The lowest BCUT2D eigenvalue weighted by Gasteiger charge is -2.14. The molecule has 1 saturated carbocycles. The number of carbonyl (C=O) groups is 1. The fourth-order valence-corrected chi connectivity index (χ4v) is 3.87. The number of hydrogen-bond donors (Lipinski definition) is 1. The number of hydrogen-bond acceptors (Lipinski definition) is 4. The second kappa shape index (κ2) is 8.09. The van der Waals surface area contributed by atoms with Crippen LogP contribution in [0.4, 0.5) is 5.69 Å². The van der Waals surface area contributed by atoms with E-state index < -0.39 is 0 Å². The molecule has 1 aromatic carbocycles. The number of anilines is 1. The fourth-order valence-electron chi connectivity index (χ4n) is 3.00. The summed E-state index contributed by atoms with van der Waals surface area (Å²) in [6, 6.07) is 10.0. The van der Waals surface area contributed by atoms with Crippen LogP contribution in [0.5, 0.6) is 0 Å². The molecule has 1 N–H and O–H groups in total. The van der Waals surface area contributed by atoms with E-state index in [1.165, 1.54) is 36.2 Å². The van der Waals surface area contributed by atoms with Crippen molar-refractivity contribution < 1.29 is 4.79 Å². The van der Waals surface area contributed by atoms with Crippen LogP contribution in [-0.4, -0.2) is 10.9 Å². The molecule has 0 atom stereocenters. The second-order valence-corrected chi connectivity index (χ2v) is 7.03. The highest BCUT2D eigenvalue weighted by Crippen LogP contribution is 2.33. The van der Waals surface area contributed by atoms with Gasteiger partial charge in [-0.3, -0.25) is 4.79 Å². The molecule has 1 fully saturated rings. The molecule has 1 aromatic heterocycles. The predicted octanol–water partition coefficient (Wildman–Crippen LogP) is 5.40. The molecule has 2 aromatic rings. The summed E-state index contributed by atoms with van der Waals surface area (Å²) in [7, 11) is 0. The Balaban J connectivity index is 1.81. The smallest absolute Gasteiger partial charge is 0.224 e. The van der Waals surface area contributed by atoms with Crippen molar-refractivity contribution in [2.45, 2.75) is 45.4 Å². The molecule has 25 heavy (non-hydrogen) atoms. The van der Waals surface area contributed by atoms with Crippen LogP contribution < -0.4 is 5.32 Å². The standard InChI is InChI=1S/C20H21N3OS/c1-2-19(24)22-16-10-8-15(9-11-16)18-13-25-20(23-18)17(12-21)14-6-4-3-5-7-14/h8-11,13H,2-7H2,1H3,(H,22,24). The lowest BCUT2D eigenvalue weighted by atomic mass is 9.91. The molecule has 0 unspecified atom stereocenters. The van der Waals surface area contributed by atoms with Crippen molar-refractivity contribution >= 4 is 28.5 Å². The largest absolute Gasteiger partial charge is 0.326 e. The Bertz CT molecular complexity index is 819. The zero-order valence-corrected chi connectivity index (χ0v) is 15.2. The summed E-state index contributed by atoms with van der Waals surface area (Å²) in [6.07, 6.45) is 6.09. The molecule has 0 saturated heterocycles. The molecular formula is C20H21N3OS. The molecule has 1 aliphatic carbocycles. The molecule has 128 valence electrons. The van der Waals surface area contributed by atoms with E-state index in [0.717, 1.165) is 40.4 Å². The van der Waals surface area contributed by atoms with E-state index in [4.69, 9.17) is 0 Å². The Hall–Kier alpha value is -2.45. The van der Waals surface area contributed by atoms with Crippen molar-refractivity contribution in [2.24, 2.45) is 0 Å². The molecule has 4 nitrogen and oxygen atoms in total. The number of thiazole rings is 1. The molecule has 5 heteroatoms. The van der Waals surface area contributed by atoms with Gasteiger partial charge in [-0.15, -0.1) is 11.3 Å². The third-order valence-electron chi connectivity index (χ3n) is 4.43. The van der Waals surface area contributed by atoms with E-state index in [0.29, 0.717) is 6.42 Å². The summed E-state index contributed by atoms with van der Waals surface area (Å²) < 4.78 is 0. The van der Waals surface area contributed by atoms with Crippen LogP contribution in [0.3, 0.4) is 0 Å². The average molecular weight is 351 g/mol. The zero-order chi connectivity index (χ0) is 17.6. The summed E-state index contributed by atoms with van der Waals surface area (Å²) in [4.78, 5) is 16.1. The Morgan fingerprint density at radius 2 is 1.96 bits per heavy atom. The Morgan fingerprint density at radius 3 is 2.60 bits per heavy atom. The second-order valence-electron chi connectivity index (χ2n) is 6.17. The monoisotopic (exact) mass is 351 g/mol. The third-order valence-corrected chi connectivity index (χ3v) is 5.29. The number of carbonyl (C=O) groups excluding carboxylic acids is 1. The van der Waals surface area contributed by atoms with Crippen LogP contribution in [0.1, 0.15) is 50.5 Å². The van der Waals surface area contributed by atoms with E-state index in [-0.39, 0.29) is 5.91 Å². The summed E-state index contributed by atoms with van der Waals surface area (Å²) in [5, 5.41) is 15.2. The first-order valence-electron chi connectivity index (χ1n) is 8.69. The van der Waals surface area contributed by atoms with Gasteiger partial charge in [0.2, 0.25) is 5.91 Å². The summed E-state index contributed by atoms with van der Waals surface area (Å²) in [6.45, 7) is 1.83. The highest BCUT2D eigenvalue weighted by atomic mass is 32.1. The summed E-state index contributed by atoms with van der Waals surface area (Å²) in [5.41, 5.74) is 4.67. The van der Waals surface area contributed by atoms with Gasteiger partial charge in [-0.05, 0) is 43.4 Å². The number of nitrogens with one attached hydrogen (secondary N) is 1. The normalized spacial score (nSPS) is 14.0. The van der Waals surface area contributed by atoms with E-state index in [2.05, 4.69) is 16.4 Å². The number of nitrogens with zero attached hydrogens (tertiary/aromatic N) is 2. The maximum atomic E-state index is 11.4. The number of benzene rings is 1. The van der Waals surface area contributed by atoms with Gasteiger partial charge < -0.3 is 5.32 Å². The van der Waals surface area contributed by atoms with Crippen molar-refractivity contribution in [3.05, 3.63) is 40.2 Å². The minimum atomic E-state index is 0.00135. The number of rotatable bonds is 4. The minimum absolute atomic E-state index is 0.00135. The van der Waals surface area contributed by atoms with Gasteiger partial charge in [0.05, 0.1) is 11.3 Å². The van der Waals surface area contributed by atoms with Gasteiger partial charge in [-0.2, -0.15) is 5.26 Å². The third kappa shape index (κ3) is 4.15. The zero-order valence-electron chi connectivity index (χ0n) is 14.3. The van der Waals surface area contributed by atoms with Gasteiger partial charge in [0.25, 0.3) is 0 Å². The minimum Gasteiger partial charge on any atom is -0.326 e. The number of amides is 1. The maximum Gasteiger partial charge on any atom is 0.224 e. The highest BCUT2D eigenvalue weighted by Gasteiger charge is 2.16. The molecule has 3 rings (SSSR count).